The zero-order valence-corrected chi connectivity index (χ0v) is 10.5. The number of amides is 2. The van der Waals surface area contributed by atoms with Gasteiger partial charge < -0.3 is 10.2 Å². The molecule has 0 spiro atoms. The van der Waals surface area contributed by atoms with Gasteiger partial charge in [-0.15, -0.1) is 0 Å². The van der Waals surface area contributed by atoms with E-state index in [0.717, 1.165) is 5.56 Å². The fraction of sp³-hybridized carbons (Fsp3) is 0.455. The molecule has 88 valence electrons. The van der Waals surface area contributed by atoms with Gasteiger partial charge in [0.1, 0.15) is 6.04 Å². The van der Waals surface area contributed by atoms with E-state index in [2.05, 4.69) is 5.32 Å². The summed E-state index contributed by atoms with van der Waals surface area (Å²) < 4.78 is 0. The molecule has 0 aromatic carbocycles. The highest BCUT2D eigenvalue weighted by molar-refractivity contribution is 7.07. The molecule has 1 heterocycles. The Morgan fingerprint density at radius 2 is 2.25 bits per heavy atom. The summed E-state index contributed by atoms with van der Waals surface area (Å²) in [6.45, 7) is 3.67. The van der Waals surface area contributed by atoms with Crippen molar-refractivity contribution in [1.29, 1.82) is 0 Å². The van der Waals surface area contributed by atoms with Gasteiger partial charge >= 0.3 is 0 Å². The molecule has 1 aromatic heterocycles. The average Bonchev–Trinajstić information content (AvgIpc) is 2.68. The van der Waals surface area contributed by atoms with Crippen molar-refractivity contribution in [3.05, 3.63) is 22.4 Å². The summed E-state index contributed by atoms with van der Waals surface area (Å²) in [6.07, 6.45) is 0. The maximum Gasteiger partial charge on any atom is 0.244 e. The summed E-state index contributed by atoms with van der Waals surface area (Å²) in [6, 6.07) is 1.51. The van der Waals surface area contributed by atoms with Crippen LogP contribution >= 0.6 is 11.3 Å². The molecule has 1 atom stereocenters. The van der Waals surface area contributed by atoms with Crippen molar-refractivity contribution >= 4 is 23.2 Å². The molecular weight excluding hydrogens is 224 g/mol. The SMILES string of the molecule is CC(=O)N[C@H](C)C(=O)N(C)Cc1ccsc1. The van der Waals surface area contributed by atoms with E-state index in [4.69, 9.17) is 0 Å². The van der Waals surface area contributed by atoms with Gasteiger partial charge in [0, 0.05) is 20.5 Å². The molecule has 0 bridgehead atoms. The Hall–Kier alpha value is -1.36. The molecule has 0 saturated heterocycles. The molecule has 1 rings (SSSR count). The lowest BCUT2D eigenvalue weighted by Crippen LogP contribution is -2.44. The standard InChI is InChI=1S/C11H16N2O2S/c1-8(12-9(2)14)11(15)13(3)6-10-4-5-16-7-10/h4-5,7-8H,6H2,1-3H3,(H,12,14)/t8-/m1/s1. The van der Waals surface area contributed by atoms with Gasteiger partial charge in [0.2, 0.25) is 11.8 Å². The third kappa shape index (κ3) is 3.66. The van der Waals surface area contributed by atoms with Gasteiger partial charge in [0.15, 0.2) is 0 Å². The highest BCUT2D eigenvalue weighted by Crippen LogP contribution is 2.09. The molecule has 4 nitrogen and oxygen atoms in total. The van der Waals surface area contributed by atoms with Crippen LogP contribution in [0.5, 0.6) is 0 Å². The normalized spacial score (nSPS) is 11.9. The Labute approximate surface area is 99.3 Å². The molecule has 5 heteroatoms. The second-order valence-electron chi connectivity index (χ2n) is 3.75. The summed E-state index contributed by atoms with van der Waals surface area (Å²) >= 11 is 1.60. The number of nitrogens with one attached hydrogen (secondary N) is 1. The third-order valence-electron chi connectivity index (χ3n) is 2.17. The quantitative estimate of drug-likeness (QED) is 0.860. The number of hydrogen-bond acceptors (Lipinski definition) is 3. The van der Waals surface area contributed by atoms with Gasteiger partial charge in [0.05, 0.1) is 0 Å². The number of hydrogen-bond donors (Lipinski definition) is 1. The van der Waals surface area contributed by atoms with Crippen LogP contribution in [0.4, 0.5) is 0 Å². The Bertz CT molecular complexity index is 362. The number of thiophene rings is 1. The van der Waals surface area contributed by atoms with E-state index in [0.29, 0.717) is 6.54 Å². The first-order valence-corrected chi connectivity index (χ1v) is 5.98. The van der Waals surface area contributed by atoms with Crippen LogP contribution < -0.4 is 5.32 Å². The minimum Gasteiger partial charge on any atom is -0.345 e. The van der Waals surface area contributed by atoms with Crippen molar-refractivity contribution in [1.82, 2.24) is 10.2 Å². The van der Waals surface area contributed by atoms with Gasteiger partial charge in [-0.1, -0.05) is 0 Å². The van der Waals surface area contributed by atoms with Gasteiger partial charge in [-0.2, -0.15) is 11.3 Å². The largest absolute Gasteiger partial charge is 0.345 e. The first-order chi connectivity index (χ1) is 7.50. The molecule has 2 amide bonds. The molecule has 0 unspecified atom stereocenters. The molecule has 0 radical (unpaired) electrons. The van der Waals surface area contributed by atoms with Gasteiger partial charge in [-0.05, 0) is 29.3 Å². The number of carbonyl (C=O) groups is 2. The van der Waals surface area contributed by atoms with Crippen LogP contribution in [0.25, 0.3) is 0 Å². The van der Waals surface area contributed by atoms with Gasteiger partial charge in [0.25, 0.3) is 0 Å². The van der Waals surface area contributed by atoms with Crippen molar-refractivity contribution in [2.45, 2.75) is 26.4 Å². The Morgan fingerprint density at radius 3 is 2.75 bits per heavy atom. The lowest BCUT2D eigenvalue weighted by molar-refractivity contribution is -0.134. The van der Waals surface area contributed by atoms with Crippen LogP contribution in [-0.2, 0) is 16.1 Å². The zero-order valence-electron chi connectivity index (χ0n) is 9.69. The molecule has 0 saturated carbocycles. The first-order valence-electron chi connectivity index (χ1n) is 5.04. The highest BCUT2D eigenvalue weighted by Gasteiger charge is 2.18. The molecular formula is C11H16N2O2S. The average molecular weight is 240 g/mol. The van der Waals surface area contributed by atoms with E-state index in [1.165, 1.54) is 6.92 Å². The van der Waals surface area contributed by atoms with E-state index in [1.807, 2.05) is 16.8 Å². The molecule has 0 aliphatic carbocycles. The van der Waals surface area contributed by atoms with Crippen LogP contribution in [0, 0.1) is 0 Å². The van der Waals surface area contributed by atoms with E-state index in [9.17, 15) is 9.59 Å². The van der Waals surface area contributed by atoms with Crippen LogP contribution in [0.15, 0.2) is 16.8 Å². The lowest BCUT2D eigenvalue weighted by atomic mass is 10.2. The summed E-state index contributed by atoms with van der Waals surface area (Å²) in [4.78, 5) is 24.3. The van der Waals surface area contributed by atoms with Crippen molar-refractivity contribution in [2.24, 2.45) is 0 Å². The van der Waals surface area contributed by atoms with Crippen LogP contribution in [0.2, 0.25) is 0 Å². The number of likely N-dealkylation sites (N-methyl/N-ethyl adjacent to an activating group) is 1. The van der Waals surface area contributed by atoms with E-state index >= 15 is 0 Å². The maximum absolute atomic E-state index is 11.8. The molecule has 16 heavy (non-hydrogen) atoms. The third-order valence-corrected chi connectivity index (χ3v) is 2.90. The predicted octanol–water partition coefficient (Wildman–Crippen LogP) is 1.23. The lowest BCUT2D eigenvalue weighted by Gasteiger charge is -2.21. The highest BCUT2D eigenvalue weighted by atomic mass is 32.1. The molecule has 1 aromatic rings. The predicted molar refractivity (Wildman–Crippen MR) is 64.1 cm³/mol. The zero-order chi connectivity index (χ0) is 12.1. The van der Waals surface area contributed by atoms with Crippen LogP contribution in [-0.4, -0.2) is 29.8 Å². The molecule has 0 fully saturated rings. The maximum atomic E-state index is 11.8. The topological polar surface area (TPSA) is 49.4 Å². The van der Waals surface area contributed by atoms with Crippen LogP contribution in [0.3, 0.4) is 0 Å². The minimum absolute atomic E-state index is 0.0820. The number of carbonyl (C=O) groups excluding carboxylic acids is 2. The van der Waals surface area contributed by atoms with Crippen molar-refractivity contribution in [3.8, 4) is 0 Å². The van der Waals surface area contributed by atoms with Crippen molar-refractivity contribution < 1.29 is 9.59 Å². The smallest absolute Gasteiger partial charge is 0.244 e. The second kappa shape index (κ2) is 5.65. The molecule has 1 N–H and O–H groups in total. The van der Waals surface area contributed by atoms with Gasteiger partial charge in [-0.25, -0.2) is 0 Å². The minimum atomic E-state index is -0.471. The molecule has 0 aliphatic heterocycles. The number of nitrogens with zero attached hydrogens (tertiary/aromatic N) is 1. The van der Waals surface area contributed by atoms with Crippen molar-refractivity contribution in [2.75, 3.05) is 7.05 Å². The Balaban J connectivity index is 2.50. The molecule has 0 aliphatic rings. The summed E-state index contributed by atoms with van der Waals surface area (Å²) in [7, 11) is 1.73. The van der Waals surface area contributed by atoms with Crippen LogP contribution in [0.1, 0.15) is 19.4 Å². The Kier molecular flexibility index (Phi) is 4.49. The second-order valence-corrected chi connectivity index (χ2v) is 4.53. The monoisotopic (exact) mass is 240 g/mol. The first kappa shape index (κ1) is 12.7. The van der Waals surface area contributed by atoms with E-state index in [1.54, 1.807) is 30.2 Å². The fourth-order valence-electron chi connectivity index (χ4n) is 1.43. The Morgan fingerprint density at radius 1 is 1.56 bits per heavy atom. The summed E-state index contributed by atoms with van der Waals surface area (Å²) in [5.41, 5.74) is 1.11. The number of rotatable bonds is 4. The van der Waals surface area contributed by atoms with E-state index in [-0.39, 0.29) is 11.8 Å². The van der Waals surface area contributed by atoms with E-state index < -0.39 is 6.04 Å². The fourth-order valence-corrected chi connectivity index (χ4v) is 2.09. The van der Waals surface area contributed by atoms with Gasteiger partial charge in [-0.3, -0.25) is 9.59 Å². The summed E-state index contributed by atoms with van der Waals surface area (Å²) in [5, 5.41) is 6.56. The summed E-state index contributed by atoms with van der Waals surface area (Å²) in [5.74, 6) is -0.272. The van der Waals surface area contributed by atoms with Crippen molar-refractivity contribution in [3.63, 3.8) is 0 Å².